The van der Waals surface area contributed by atoms with Crippen molar-refractivity contribution >= 4 is 5.91 Å². The molecule has 4 rings (SSSR count). The lowest BCUT2D eigenvalue weighted by Crippen LogP contribution is -2.39. The molecule has 1 saturated heterocycles. The predicted molar refractivity (Wildman–Crippen MR) is 122 cm³/mol. The topological polar surface area (TPSA) is 53.0 Å². The number of ether oxygens (including phenoxy) is 1. The number of hydrogen-bond donors (Lipinski definition) is 1. The molecule has 0 aliphatic carbocycles. The van der Waals surface area contributed by atoms with Gasteiger partial charge < -0.3 is 14.7 Å². The number of hydrogen-bond acceptors (Lipinski definition) is 4. The average molecular weight is 423 g/mol. The van der Waals surface area contributed by atoms with Crippen molar-refractivity contribution in [2.75, 3.05) is 26.2 Å². The van der Waals surface area contributed by atoms with Crippen LogP contribution in [-0.2, 0) is 24.3 Å². The van der Waals surface area contributed by atoms with Crippen molar-refractivity contribution in [2.24, 2.45) is 11.8 Å². The molecule has 0 spiro atoms. The number of aryl methyl sites for hydroxylation is 1. The first-order chi connectivity index (χ1) is 15.0. The quantitative estimate of drug-likeness (QED) is 0.726. The molecule has 5 nitrogen and oxygen atoms in total. The van der Waals surface area contributed by atoms with Gasteiger partial charge in [0.05, 0.1) is 12.5 Å². The number of phenolic OH excluding ortho intramolecular Hbond substituents is 1. The maximum Gasteiger partial charge on any atom is 0.227 e. The summed E-state index contributed by atoms with van der Waals surface area (Å²) in [6.45, 7) is 8.87. The summed E-state index contributed by atoms with van der Waals surface area (Å²) >= 11 is 0. The van der Waals surface area contributed by atoms with Gasteiger partial charge in [0, 0.05) is 26.2 Å². The van der Waals surface area contributed by atoms with Gasteiger partial charge in [-0.1, -0.05) is 50.2 Å². The standard InChI is InChI=1S/C26H34N2O3/c1-19(2)15-28(17-21-13-22-9-6-12-31-25(22)24(29)14-21)26(30)23-10-11-27(18-23)16-20-7-4-3-5-8-20/h3-5,7-8,13-14,19,23,29H,6,9-12,15-18H2,1-2H3. The fourth-order valence-electron chi connectivity index (χ4n) is 4.79. The van der Waals surface area contributed by atoms with Crippen molar-refractivity contribution in [2.45, 2.75) is 46.2 Å². The van der Waals surface area contributed by atoms with E-state index in [0.29, 0.717) is 24.8 Å². The Morgan fingerprint density at radius 1 is 1.23 bits per heavy atom. The van der Waals surface area contributed by atoms with E-state index >= 15 is 0 Å². The van der Waals surface area contributed by atoms with E-state index in [4.69, 9.17) is 4.74 Å². The molecule has 2 heterocycles. The van der Waals surface area contributed by atoms with Crippen LogP contribution < -0.4 is 4.74 Å². The number of amides is 1. The van der Waals surface area contributed by atoms with Gasteiger partial charge in [-0.05, 0) is 54.5 Å². The van der Waals surface area contributed by atoms with Gasteiger partial charge in [-0.3, -0.25) is 9.69 Å². The lowest BCUT2D eigenvalue weighted by atomic mass is 10.0. The number of rotatable bonds is 7. The van der Waals surface area contributed by atoms with Crippen LogP contribution in [-0.4, -0.2) is 47.1 Å². The molecule has 2 aromatic carbocycles. The van der Waals surface area contributed by atoms with Crippen LogP contribution in [0.25, 0.3) is 0 Å². The van der Waals surface area contributed by atoms with Crippen molar-refractivity contribution in [1.29, 1.82) is 0 Å². The normalized spacial score (nSPS) is 18.6. The van der Waals surface area contributed by atoms with Crippen molar-refractivity contribution in [1.82, 2.24) is 9.80 Å². The van der Waals surface area contributed by atoms with Crippen molar-refractivity contribution in [3.63, 3.8) is 0 Å². The Morgan fingerprint density at radius 2 is 2.03 bits per heavy atom. The molecule has 0 saturated carbocycles. The molecule has 1 N–H and O–H groups in total. The van der Waals surface area contributed by atoms with Gasteiger partial charge >= 0.3 is 0 Å². The van der Waals surface area contributed by atoms with Gasteiger partial charge in [0.15, 0.2) is 11.5 Å². The zero-order valence-corrected chi connectivity index (χ0v) is 18.7. The third-order valence-corrected chi connectivity index (χ3v) is 6.18. The number of nitrogens with zero attached hydrogens (tertiary/aromatic N) is 2. The summed E-state index contributed by atoms with van der Waals surface area (Å²) in [6, 6.07) is 14.3. The number of aromatic hydroxyl groups is 1. The molecule has 0 aromatic heterocycles. The second kappa shape index (κ2) is 9.73. The summed E-state index contributed by atoms with van der Waals surface area (Å²) in [5, 5.41) is 10.4. The van der Waals surface area contributed by atoms with Gasteiger partial charge in [0.1, 0.15) is 0 Å². The van der Waals surface area contributed by atoms with Gasteiger partial charge in [-0.25, -0.2) is 0 Å². The molecular weight excluding hydrogens is 388 g/mol. The van der Waals surface area contributed by atoms with Crippen molar-refractivity contribution < 1.29 is 14.6 Å². The van der Waals surface area contributed by atoms with E-state index in [9.17, 15) is 9.90 Å². The van der Waals surface area contributed by atoms with Gasteiger partial charge in [-0.15, -0.1) is 0 Å². The smallest absolute Gasteiger partial charge is 0.227 e. The molecule has 0 radical (unpaired) electrons. The molecular formula is C26H34N2O3. The molecule has 5 heteroatoms. The summed E-state index contributed by atoms with van der Waals surface area (Å²) < 4.78 is 5.63. The zero-order valence-electron chi connectivity index (χ0n) is 18.7. The molecule has 2 aliphatic rings. The van der Waals surface area contributed by atoms with Crippen LogP contribution in [0.3, 0.4) is 0 Å². The van der Waals surface area contributed by atoms with Crippen LogP contribution in [0.15, 0.2) is 42.5 Å². The zero-order chi connectivity index (χ0) is 21.8. The third-order valence-electron chi connectivity index (χ3n) is 6.18. The molecule has 2 aromatic rings. The van der Waals surface area contributed by atoms with E-state index in [2.05, 4.69) is 49.1 Å². The summed E-state index contributed by atoms with van der Waals surface area (Å²) in [6.07, 6.45) is 2.78. The van der Waals surface area contributed by atoms with Crippen molar-refractivity contribution in [3.05, 3.63) is 59.2 Å². The minimum absolute atomic E-state index is 0.0389. The first-order valence-electron chi connectivity index (χ1n) is 11.5. The number of carbonyl (C=O) groups excluding carboxylic acids is 1. The van der Waals surface area contributed by atoms with Gasteiger partial charge in [-0.2, -0.15) is 0 Å². The number of carbonyl (C=O) groups is 1. The average Bonchev–Trinajstić information content (AvgIpc) is 3.21. The Kier molecular flexibility index (Phi) is 6.81. The third kappa shape index (κ3) is 5.40. The number of likely N-dealkylation sites (tertiary alicyclic amines) is 1. The van der Waals surface area contributed by atoms with Crippen molar-refractivity contribution in [3.8, 4) is 11.5 Å². The highest BCUT2D eigenvalue weighted by Gasteiger charge is 2.32. The minimum Gasteiger partial charge on any atom is -0.504 e. The lowest BCUT2D eigenvalue weighted by molar-refractivity contribution is -0.136. The number of fused-ring (bicyclic) bond motifs is 1. The van der Waals surface area contributed by atoms with E-state index in [-0.39, 0.29) is 17.6 Å². The SMILES string of the molecule is CC(C)CN(Cc1cc(O)c2c(c1)CCCO2)C(=O)C1CCN(Cc2ccccc2)C1. The number of phenols is 1. The highest BCUT2D eigenvalue weighted by Crippen LogP contribution is 2.36. The van der Waals surface area contributed by atoms with Crippen LogP contribution in [0.2, 0.25) is 0 Å². The monoisotopic (exact) mass is 422 g/mol. The maximum absolute atomic E-state index is 13.5. The molecule has 166 valence electrons. The second-order valence-electron chi connectivity index (χ2n) is 9.37. The Hall–Kier alpha value is -2.53. The second-order valence-corrected chi connectivity index (χ2v) is 9.37. The number of benzene rings is 2. The molecule has 31 heavy (non-hydrogen) atoms. The molecule has 1 atom stereocenters. The molecule has 1 unspecified atom stereocenters. The highest BCUT2D eigenvalue weighted by atomic mass is 16.5. The van der Waals surface area contributed by atoms with Crippen LogP contribution in [0, 0.1) is 11.8 Å². The van der Waals surface area contributed by atoms with E-state index in [1.54, 1.807) is 6.07 Å². The first kappa shape index (κ1) is 21.7. The summed E-state index contributed by atoms with van der Waals surface area (Å²) in [4.78, 5) is 17.8. The summed E-state index contributed by atoms with van der Waals surface area (Å²) in [5.41, 5.74) is 3.32. The van der Waals surface area contributed by atoms with Crippen LogP contribution >= 0.6 is 0 Å². The molecule has 1 fully saturated rings. The lowest BCUT2D eigenvalue weighted by Gasteiger charge is -2.28. The fourth-order valence-corrected chi connectivity index (χ4v) is 4.79. The summed E-state index contributed by atoms with van der Waals surface area (Å²) in [5.74, 6) is 1.47. The first-order valence-corrected chi connectivity index (χ1v) is 11.5. The molecule has 2 aliphatic heterocycles. The van der Waals surface area contributed by atoms with Crippen LogP contribution in [0.5, 0.6) is 11.5 Å². The van der Waals surface area contributed by atoms with E-state index in [1.165, 1.54) is 5.56 Å². The Bertz CT molecular complexity index is 897. The van der Waals surface area contributed by atoms with E-state index < -0.39 is 0 Å². The van der Waals surface area contributed by atoms with Crippen LogP contribution in [0.4, 0.5) is 0 Å². The van der Waals surface area contributed by atoms with Gasteiger partial charge in [0.2, 0.25) is 5.91 Å². The maximum atomic E-state index is 13.5. The predicted octanol–water partition coefficient (Wildman–Crippen LogP) is 4.22. The Morgan fingerprint density at radius 3 is 2.81 bits per heavy atom. The Labute approximate surface area is 185 Å². The molecule has 0 bridgehead atoms. The van der Waals surface area contributed by atoms with E-state index in [1.807, 2.05) is 11.0 Å². The summed E-state index contributed by atoms with van der Waals surface area (Å²) in [7, 11) is 0. The highest BCUT2D eigenvalue weighted by molar-refractivity contribution is 5.79. The largest absolute Gasteiger partial charge is 0.504 e. The van der Waals surface area contributed by atoms with Gasteiger partial charge in [0.25, 0.3) is 0 Å². The fraction of sp³-hybridized carbons (Fsp3) is 0.500. The Balaban J connectivity index is 1.44. The van der Waals surface area contributed by atoms with Crippen LogP contribution in [0.1, 0.15) is 43.4 Å². The minimum atomic E-state index is 0.0389. The molecule has 1 amide bonds. The van der Waals surface area contributed by atoms with E-state index in [0.717, 1.165) is 56.6 Å².